The van der Waals surface area contributed by atoms with Crippen molar-refractivity contribution < 1.29 is 23.9 Å². The fourth-order valence-corrected chi connectivity index (χ4v) is 4.32. The number of para-hydroxylation sites is 1. The third-order valence-electron chi connectivity index (χ3n) is 5.37. The van der Waals surface area contributed by atoms with Gasteiger partial charge in [-0.25, -0.2) is 9.69 Å². The minimum absolute atomic E-state index is 0.211. The molecule has 6 nitrogen and oxygen atoms in total. The molecule has 0 unspecified atom stereocenters. The van der Waals surface area contributed by atoms with E-state index in [9.17, 15) is 14.4 Å². The number of hydrogen-bond acceptors (Lipinski definition) is 5. The Kier molecular flexibility index (Phi) is 3.22. The molecule has 2 amide bonds. The van der Waals surface area contributed by atoms with Crippen LogP contribution in [-0.4, -0.2) is 35.6 Å². The first-order chi connectivity index (χ1) is 11.8. The molecule has 25 heavy (non-hydrogen) atoms. The predicted octanol–water partition coefficient (Wildman–Crippen LogP) is 2.09. The maximum Gasteiger partial charge on any atom is 0.340 e. The lowest BCUT2D eigenvalue weighted by Gasteiger charge is -2.26. The Morgan fingerprint density at radius 3 is 2.24 bits per heavy atom. The van der Waals surface area contributed by atoms with E-state index in [0.29, 0.717) is 0 Å². The van der Waals surface area contributed by atoms with Gasteiger partial charge in [0.25, 0.3) is 0 Å². The van der Waals surface area contributed by atoms with Crippen molar-refractivity contribution in [2.45, 2.75) is 32.0 Å². The zero-order valence-electron chi connectivity index (χ0n) is 14.3. The van der Waals surface area contributed by atoms with E-state index in [1.807, 2.05) is 26.0 Å². The Labute approximate surface area is 145 Å². The molecule has 3 heterocycles. The van der Waals surface area contributed by atoms with E-state index in [2.05, 4.69) is 0 Å². The quantitative estimate of drug-likeness (QED) is 0.478. The number of hydrogen-bond donors (Lipinski definition) is 0. The van der Waals surface area contributed by atoms with Crippen molar-refractivity contribution in [1.82, 2.24) is 0 Å². The third-order valence-corrected chi connectivity index (χ3v) is 5.37. The van der Waals surface area contributed by atoms with Crippen molar-refractivity contribution in [2.75, 3.05) is 11.5 Å². The SMILES string of the molecule is CCOC(=O)c1ccccc1N1C(=O)[C@H]2[C@H](C1=O)[C@]1(C)C=C[C@]2(C)O1. The largest absolute Gasteiger partial charge is 0.462 e. The molecular formula is C19H19NO5. The van der Waals surface area contributed by atoms with Crippen molar-refractivity contribution in [3.8, 4) is 0 Å². The summed E-state index contributed by atoms with van der Waals surface area (Å²) in [5, 5.41) is 0. The van der Waals surface area contributed by atoms with E-state index in [1.54, 1.807) is 31.2 Å². The second kappa shape index (κ2) is 5.02. The highest BCUT2D eigenvalue weighted by Gasteiger charge is 2.70. The van der Waals surface area contributed by atoms with E-state index >= 15 is 0 Å². The molecule has 4 atom stereocenters. The van der Waals surface area contributed by atoms with Crippen LogP contribution in [0.2, 0.25) is 0 Å². The molecule has 1 aromatic rings. The number of fused-ring (bicyclic) bond motifs is 5. The summed E-state index contributed by atoms with van der Waals surface area (Å²) in [5.41, 5.74) is -1.10. The molecule has 2 fully saturated rings. The van der Waals surface area contributed by atoms with Gasteiger partial charge in [-0.1, -0.05) is 24.3 Å². The number of nitrogens with zero attached hydrogens (tertiary/aromatic N) is 1. The van der Waals surface area contributed by atoms with Crippen molar-refractivity contribution in [2.24, 2.45) is 11.8 Å². The minimum atomic E-state index is -0.792. The van der Waals surface area contributed by atoms with Gasteiger partial charge < -0.3 is 9.47 Å². The fraction of sp³-hybridized carbons (Fsp3) is 0.421. The molecule has 3 aliphatic heterocycles. The van der Waals surface area contributed by atoms with Crippen LogP contribution in [0.15, 0.2) is 36.4 Å². The second-order valence-corrected chi connectivity index (χ2v) is 7.01. The Morgan fingerprint density at radius 1 is 1.12 bits per heavy atom. The maximum absolute atomic E-state index is 13.1. The third kappa shape index (κ3) is 1.97. The minimum Gasteiger partial charge on any atom is -0.462 e. The van der Waals surface area contributed by atoms with Gasteiger partial charge in [0.1, 0.15) is 0 Å². The first-order valence-corrected chi connectivity index (χ1v) is 8.37. The molecule has 2 saturated heterocycles. The van der Waals surface area contributed by atoms with Gasteiger partial charge in [-0.2, -0.15) is 0 Å². The number of benzene rings is 1. The zero-order valence-corrected chi connectivity index (χ0v) is 14.3. The summed E-state index contributed by atoms with van der Waals surface area (Å²) in [6.45, 7) is 5.57. The molecule has 130 valence electrons. The van der Waals surface area contributed by atoms with Crippen LogP contribution in [0.5, 0.6) is 0 Å². The first kappa shape index (κ1) is 16.0. The summed E-state index contributed by atoms with van der Waals surface area (Å²) >= 11 is 0. The van der Waals surface area contributed by atoms with E-state index in [-0.39, 0.29) is 29.7 Å². The summed E-state index contributed by atoms with van der Waals surface area (Å²) in [7, 11) is 0. The number of ether oxygens (including phenoxy) is 2. The Balaban J connectivity index is 1.79. The van der Waals surface area contributed by atoms with E-state index < -0.39 is 29.0 Å². The van der Waals surface area contributed by atoms with Gasteiger partial charge in [0.2, 0.25) is 11.8 Å². The first-order valence-electron chi connectivity index (χ1n) is 8.37. The predicted molar refractivity (Wildman–Crippen MR) is 88.9 cm³/mol. The van der Waals surface area contributed by atoms with Crippen molar-refractivity contribution >= 4 is 23.5 Å². The number of rotatable bonds is 3. The van der Waals surface area contributed by atoms with Gasteiger partial charge in [0, 0.05) is 0 Å². The fourth-order valence-electron chi connectivity index (χ4n) is 4.32. The van der Waals surface area contributed by atoms with Crippen LogP contribution >= 0.6 is 0 Å². The summed E-state index contributed by atoms with van der Waals surface area (Å²) in [4.78, 5) is 39.6. The molecule has 0 saturated carbocycles. The van der Waals surface area contributed by atoms with Crippen LogP contribution in [0, 0.1) is 11.8 Å². The molecule has 3 aliphatic rings. The Bertz CT molecular complexity index is 795. The van der Waals surface area contributed by atoms with Gasteiger partial charge in [-0.3, -0.25) is 9.59 Å². The smallest absolute Gasteiger partial charge is 0.340 e. The molecule has 1 aromatic carbocycles. The van der Waals surface area contributed by atoms with E-state index in [1.165, 1.54) is 0 Å². The van der Waals surface area contributed by atoms with Crippen LogP contribution in [0.4, 0.5) is 5.69 Å². The lowest BCUT2D eigenvalue weighted by atomic mass is 9.73. The molecule has 4 rings (SSSR count). The molecule has 0 aliphatic carbocycles. The highest BCUT2D eigenvalue weighted by Crippen LogP contribution is 2.57. The zero-order chi connectivity index (χ0) is 18.0. The molecule has 0 spiro atoms. The van der Waals surface area contributed by atoms with Gasteiger partial charge in [0.15, 0.2) is 0 Å². The van der Waals surface area contributed by atoms with Crippen LogP contribution in [0.25, 0.3) is 0 Å². The maximum atomic E-state index is 13.1. The highest BCUT2D eigenvalue weighted by atomic mass is 16.5. The number of imide groups is 1. The monoisotopic (exact) mass is 341 g/mol. The number of anilines is 1. The average Bonchev–Trinajstić information content (AvgIpc) is 3.12. The lowest BCUT2D eigenvalue weighted by Crippen LogP contribution is -2.40. The van der Waals surface area contributed by atoms with Crippen LogP contribution in [-0.2, 0) is 19.1 Å². The normalized spacial score (nSPS) is 35.4. The molecular weight excluding hydrogens is 322 g/mol. The van der Waals surface area contributed by atoms with Crippen LogP contribution in [0.3, 0.4) is 0 Å². The lowest BCUT2D eigenvalue weighted by molar-refractivity contribution is -0.128. The van der Waals surface area contributed by atoms with Crippen LogP contribution < -0.4 is 4.90 Å². The average molecular weight is 341 g/mol. The molecule has 6 heteroatoms. The molecule has 0 radical (unpaired) electrons. The molecule has 0 aromatic heterocycles. The number of esters is 1. The van der Waals surface area contributed by atoms with Crippen molar-refractivity contribution in [1.29, 1.82) is 0 Å². The van der Waals surface area contributed by atoms with Crippen molar-refractivity contribution in [3.05, 3.63) is 42.0 Å². The number of amides is 2. The molecule has 2 bridgehead atoms. The Morgan fingerprint density at radius 2 is 1.68 bits per heavy atom. The van der Waals surface area contributed by atoms with E-state index in [4.69, 9.17) is 9.47 Å². The summed E-state index contributed by atoms with van der Waals surface area (Å²) in [6, 6.07) is 6.54. The van der Waals surface area contributed by atoms with Gasteiger partial charge in [-0.05, 0) is 32.9 Å². The van der Waals surface area contributed by atoms with Gasteiger partial charge in [-0.15, -0.1) is 0 Å². The molecule has 0 N–H and O–H groups in total. The number of carbonyl (C=O) groups is 3. The number of carbonyl (C=O) groups excluding carboxylic acids is 3. The highest BCUT2D eigenvalue weighted by molar-refractivity contribution is 6.25. The van der Waals surface area contributed by atoms with Crippen LogP contribution in [0.1, 0.15) is 31.1 Å². The van der Waals surface area contributed by atoms with Crippen molar-refractivity contribution in [3.63, 3.8) is 0 Å². The summed E-state index contributed by atoms with van der Waals surface area (Å²) in [5.74, 6) is -2.37. The van der Waals surface area contributed by atoms with E-state index in [0.717, 1.165) is 4.90 Å². The second-order valence-electron chi connectivity index (χ2n) is 7.01. The van der Waals surface area contributed by atoms with Gasteiger partial charge >= 0.3 is 5.97 Å². The standard InChI is InChI=1S/C19H19NO5/c1-4-24-17(23)11-7-5-6-8-12(11)20-15(21)13-14(16(20)22)19(3)10-9-18(13,2)25-19/h5-10,13-14H,4H2,1-3H3/t13-,14-,18+,19+/m1/s1. The Hall–Kier alpha value is -2.47. The summed E-state index contributed by atoms with van der Waals surface area (Å²) < 4.78 is 11.0. The van der Waals surface area contributed by atoms with Gasteiger partial charge in [0.05, 0.1) is 40.9 Å². The summed E-state index contributed by atoms with van der Waals surface area (Å²) in [6.07, 6.45) is 3.72. The topological polar surface area (TPSA) is 72.9 Å².